The van der Waals surface area contributed by atoms with E-state index < -0.39 is 0 Å². The molecule has 1 N–H and O–H groups in total. The van der Waals surface area contributed by atoms with E-state index in [1.165, 1.54) is 23.1 Å². The Bertz CT molecular complexity index is 529. The second kappa shape index (κ2) is 10.8. The van der Waals surface area contributed by atoms with Crippen LogP contribution in [0.4, 0.5) is 5.13 Å². The van der Waals surface area contributed by atoms with Crippen molar-refractivity contribution in [1.29, 1.82) is 10.5 Å². The SMILES string of the molecule is CCCNc1nnc(SCC(=O)N(CCC#N)CCC#N)s1. The zero-order chi connectivity index (χ0) is 16.2. The normalized spacial score (nSPS) is 9.77. The van der Waals surface area contributed by atoms with Crippen molar-refractivity contribution in [3.05, 3.63) is 0 Å². The highest BCUT2D eigenvalue weighted by molar-refractivity contribution is 8.01. The Morgan fingerprint density at radius 3 is 2.59 bits per heavy atom. The van der Waals surface area contributed by atoms with Gasteiger partial charge in [-0.1, -0.05) is 30.0 Å². The minimum absolute atomic E-state index is 0.0891. The van der Waals surface area contributed by atoms with Crippen molar-refractivity contribution in [2.45, 2.75) is 30.5 Å². The summed E-state index contributed by atoms with van der Waals surface area (Å²) in [6.07, 6.45) is 1.55. The number of aromatic nitrogens is 2. The molecule has 0 aliphatic carbocycles. The molecule has 0 aromatic carbocycles. The van der Waals surface area contributed by atoms with Crippen LogP contribution in [-0.4, -0.2) is 46.4 Å². The largest absolute Gasteiger partial charge is 0.360 e. The van der Waals surface area contributed by atoms with Crippen molar-refractivity contribution in [3.8, 4) is 12.1 Å². The zero-order valence-electron chi connectivity index (χ0n) is 12.4. The number of carbonyl (C=O) groups is 1. The minimum atomic E-state index is -0.0891. The third-order valence-corrected chi connectivity index (χ3v) is 4.59. The molecule has 1 aromatic heterocycles. The molecule has 118 valence electrons. The molecule has 0 bridgehead atoms. The van der Waals surface area contributed by atoms with Crippen LogP contribution in [0.5, 0.6) is 0 Å². The Balaban J connectivity index is 2.46. The van der Waals surface area contributed by atoms with Gasteiger partial charge in [-0.3, -0.25) is 4.79 Å². The summed E-state index contributed by atoms with van der Waals surface area (Å²) in [6.45, 7) is 3.63. The van der Waals surface area contributed by atoms with Gasteiger partial charge >= 0.3 is 0 Å². The first-order valence-corrected chi connectivity index (χ1v) is 8.73. The molecule has 1 heterocycles. The van der Waals surface area contributed by atoms with Crippen LogP contribution in [-0.2, 0) is 4.79 Å². The molecule has 0 aliphatic heterocycles. The van der Waals surface area contributed by atoms with Gasteiger partial charge in [-0.15, -0.1) is 10.2 Å². The van der Waals surface area contributed by atoms with Gasteiger partial charge in [0, 0.05) is 19.6 Å². The maximum Gasteiger partial charge on any atom is 0.233 e. The van der Waals surface area contributed by atoms with Crippen molar-refractivity contribution >= 4 is 34.1 Å². The summed E-state index contributed by atoms with van der Waals surface area (Å²) in [7, 11) is 0. The van der Waals surface area contributed by atoms with Gasteiger partial charge in [-0.05, 0) is 6.42 Å². The Kier molecular flexibility index (Phi) is 8.96. The molecule has 7 nitrogen and oxygen atoms in total. The van der Waals surface area contributed by atoms with Crippen LogP contribution in [0.3, 0.4) is 0 Å². The Morgan fingerprint density at radius 1 is 1.32 bits per heavy atom. The van der Waals surface area contributed by atoms with Gasteiger partial charge in [-0.2, -0.15) is 10.5 Å². The van der Waals surface area contributed by atoms with Crippen molar-refractivity contribution in [2.75, 3.05) is 30.7 Å². The molecule has 0 radical (unpaired) electrons. The molecular weight excluding hydrogens is 320 g/mol. The fraction of sp³-hybridized carbons (Fsp3) is 0.615. The average Bonchev–Trinajstić information content (AvgIpc) is 2.98. The number of nitriles is 2. The van der Waals surface area contributed by atoms with E-state index in [2.05, 4.69) is 22.4 Å². The number of nitrogens with one attached hydrogen (secondary N) is 1. The first-order chi connectivity index (χ1) is 10.7. The molecule has 0 fully saturated rings. The van der Waals surface area contributed by atoms with Gasteiger partial charge < -0.3 is 10.2 Å². The van der Waals surface area contributed by atoms with Crippen molar-refractivity contribution in [2.24, 2.45) is 0 Å². The third kappa shape index (κ3) is 6.74. The van der Waals surface area contributed by atoms with Gasteiger partial charge in [0.15, 0.2) is 4.34 Å². The van der Waals surface area contributed by atoms with E-state index in [4.69, 9.17) is 10.5 Å². The van der Waals surface area contributed by atoms with Crippen LogP contribution >= 0.6 is 23.1 Å². The molecular formula is C13H18N6OS2. The van der Waals surface area contributed by atoms with Crippen molar-refractivity contribution < 1.29 is 4.79 Å². The molecule has 0 aliphatic rings. The Morgan fingerprint density at radius 2 is 2.00 bits per heavy atom. The van der Waals surface area contributed by atoms with Gasteiger partial charge in [0.25, 0.3) is 0 Å². The van der Waals surface area contributed by atoms with Crippen LogP contribution in [0.15, 0.2) is 4.34 Å². The summed E-state index contributed by atoms with van der Waals surface area (Å²) in [4.78, 5) is 13.7. The molecule has 1 amide bonds. The lowest BCUT2D eigenvalue weighted by Gasteiger charge is -2.19. The van der Waals surface area contributed by atoms with E-state index in [9.17, 15) is 4.79 Å². The quantitative estimate of drug-likeness (QED) is 0.651. The molecule has 1 aromatic rings. The van der Waals surface area contributed by atoms with E-state index in [0.717, 1.165) is 22.4 Å². The monoisotopic (exact) mass is 338 g/mol. The lowest BCUT2D eigenvalue weighted by molar-refractivity contribution is -0.128. The van der Waals surface area contributed by atoms with E-state index in [1.54, 1.807) is 4.90 Å². The second-order valence-electron chi connectivity index (χ2n) is 4.29. The summed E-state index contributed by atoms with van der Waals surface area (Å²) in [5.41, 5.74) is 0. The minimum Gasteiger partial charge on any atom is -0.360 e. The van der Waals surface area contributed by atoms with Crippen LogP contribution in [0.2, 0.25) is 0 Å². The third-order valence-electron chi connectivity index (χ3n) is 2.59. The highest BCUT2D eigenvalue weighted by Gasteiger charge is 2.14. The number of thioether (sulfide) groups is 1. The molecule has 0 atom stereocenters. The smallest absolute Gasteiger partial charge is 0.233 e. The summed E-state index contributed by atoms with van der Waals surface area (Å²) in [5.74, 6) is 0.146. The maximum atomic E-state index is 12.1. The molecule has 9 heteroatoms. The van der Waals surface area contributed by atoms with Gasteiger partial charge in [0.1, 0.15) is 0 Å². The Labute approximate surface area is 138 Å². The van der Waals surface area contributed by atoms with Gasteiger partial charge in [0.2, 0.25) is 11.0 Å². The summed E-state index contributed by atoms with van der Waals surface area (Å²) >= 11 is 2.74. The van der Waals surface area contributed by atoms with E-state index >= 15 is 0 Å². The zero-order valence-corrected chi connectivity index (χ0v) is 14.0. The molecule has 0 saturated heterocycles. The van der Waals surface area contributed by atoms with Crippen LogP contribution < -0.4 is 5.32 Å². The van der Waals surface area contributed by atoms with Crippen LogP contribution in [0.1, 0.15) is 26.2 Å². The van der Waals surface area contributed by atoms with Gasteiger partial charge in [-0.25, -0.2) is 0 Å². The van der Waals surface area contributed by atoms with Crippen molar-refractivity contribution in [1.82, 2.24) is 15.1 Å². The van der Waals surface area contributed by atoms with Crippen LogP contribution in [0.25, 0.3) is 0 Å². The van der Waals surface area contributed by atoms with E-state index in [1.807, 2.05) is 12.1 Å². The van der Waals surface area contributed by atoms with E-state index in [-0.39, 0.29) is 24.5 Å². The maximum absolute atomic E-state index is 12.1. The number of anilines is 1. The van der Waals surface area contributed by atoms with Crippen molar-refractivity contribution in [3.63, 3.8) is 0 Å². The molecule has 0 spiro atoms. The fourth-order valence-corrected chi connectivity index (χ4v) is 3.20. The lowest BCUT2D eigenvalue weighted by Crippen LogP contribution is -2.34. The number of amides is 1. The molecule has 0 saturated carbocycles. The summed E-state index contributed by atoms with van der Waals surface area (Å²) in [5, 5.41) is 29.2. The highest BCUT2D eigenvalue weighted by atomic mass is 32.2. The first-order valence-electron chi connectivity index (χ1n) is 6.93. The standard InChI is InChI=1S/C13H18N6OS2/c1-2-7-16-12-17-18-13(22-12)21-10-11(20)19(8-3-5-14)9-4-6-15/h2-4,7-10H2,1H3,(H,16,17). The topological polar surface area (TPSA) is 106 Å². The molecule has 22 heavy (non-hydrogen) atoms. The number of rotatable bonds is 10. The second-order valence-corrected chi connectivity index (χ2v) is 6.49. The Hall–Kier alpha value is -1.84. The number of nitrogens with zero attached hydrogens (tertiary/aromatic N) is 5. The number of carbonyl (C=O) groups excluding carboxylic acids is 1. The van der Waals surface area contributed by atoms with Gasteiger partial charge in [0.05, 0.1) is 30.7 Å². The fourth-order valence-electron chi connectivity index (χ4n) is 1.52. The number of hydrogen-bond donors (Lipinski definition) is 1. The van der Waals surface area contributed by atoms with E-state index in [0.29, 0.717) is 13.1 Å². The first kappa shape index (κ1) is 18.2. The predicted octanol–water partition coefficient (Wildman–Crippen LogP) is 2.11. The lowest BCUT2D eigenvalue weighted by atomic mass is 10.3. The highest BCUT2D eigenvalue weighted by Crippen LogP contribution is 2.25. The average molecular weight is 338 g/mol. The molecule has 1 rings (SSSR count). The summed E-state index contributed by atoms with van der Waals surface area (Å²) < 4.78 is 0.729. The summed E-state index contributed by atoms with van der Waals surface area (Å²) in [6, 6.07) is 4.03. The molecule has 0 unspecified atom stereocenters. The van der Waals surface area contributed by atoms with Crippen LogP contribution in [0, 0.1) is 22.7 Å². The number of hydrogen-bond acceptors (Lipinski definition) is 8. The predicted molar refractivity (Wildman–Crippen MR) is 86.5 cm³/mol.